The van der Waals surface area contributed by atoms with E-state index in [2.05, 4.69) is 38.2 Å². The normalized spacial score (nSPS) is 12.6. The first-order valence-corrected chi connectivity index (χ1v) is 9.44. The van der Waals surface area contributed by atoms with E-state index < -0.39 is 24.1 Å². The molecule has 146 valence electrons. The molecule has 0 saturated heterocycles. The van der Waals surface area contributed by atoms with Crippen LogP contribution in [0.5, 0.6) is 0 Å². The fourth-order valence-corrected chi connectivity index (χ4v) is 3.70. The summed E-state index contributed by atoms with van der Waals surface area (Å²) in [4.78, 5) is 17.3. The quantitative estimate of drug-likeness (QED) is 0.323. The first-order valence-electron chi connectivity index (χ1n) is 7.60. The van der Waals surface area contributed by atoms with Crippen molar-refractivity contribution in [3.05, 3.63) is 48.8 Å². The van der Waals surface area contributed by atoms with Gasteiger partial charge in [-0.05, 0) is 41.6 Å². The van der Waals surface area contributed by atoms with E-state index in [1.54, 1.807) is 19.1 Å². The van der Waals surface area contributed by atoms with Crippen LogP contribution in [0, 0.1) is 3.57 Å². The fraction of sp³-hybridized carbons (Fsp3) is 0.312. The molecule has 0 spiro atoms. The van der Waals surface area contributed by atoms with E-state index in [9.17, 15) is 13.6 Å². The standard InChI is InChI=1S/C16H15Cl2F2IN4O2/c1-8(23-16(26)10-6-25(2)24-14(10)15(19)20)5-22-27-7-11-12(17)3-9(21)4-13(11)18/h3-6,8,15H,7H2,1-2H3,(H,23,26)/b22-5+. The highest BCUT2D eigenvalue weighted by Crippen LogP contribution is 2.28. The van der Waals surface area contributed by atoms with Gasteiger partial charge in [0, 0.05) is 32.4 Å². The van der Waals surface area contributed by atoms with Gasteiger partial charge in [-0.25, -0.2) is 8.78 Å². The van der Waals surface area contributed by atoms with Crippen LogP contribution < -0.4 is 5.32 Å². The molecule has 11 heteroatoms. The lowest BCUT2D eigenvalue weighted by Crippen LogP contribution is -2.34. The van der Waals surface area contributed by atoms with Gasteiger partial charge in [-0.3, -0.25) is 9.48 Å². The zero-order valence-electron chi connectivity index (χ0n) is 14.2. The fourth-order valence-electron chi connectivity index (χ4n) is 2.11. The molecule has 0 fully saturated rings. The number of aryl methyl sites for hydroxylation is 1. The summed E-state index contributed by atoms with van der Waals surface area (Å²) >= 11 is 14.3. The van der Waals surface area contributed by atoms with Gasteiger partial charge in [0.1, 0.15) is 12.3 Å². The maximum absolute atomic E-state index is 12.9. The van der Waals surface area contributed by atoms with Gasteiger partial charge in [0.05, 0.1) is 17.8 Å². The molecule has 0 radical (unpaired) electrons. The molecule has 0 aliphatic heterocycles. The van der Waals surface area contributed by atoms with Gasteiger partial charge in [-0.2, -0.15) is 5.10 Å². The number of carbonyl (C=O) groups is 1. The van der Waals surface area contributed by atoms with Gasteiger partial charge in [-0.15, -0.1) is 0 Å². The number of halogens is 5. The molecule has 0 saturated carbocycles. The van der Waals surface area contributed by atoms with E-state index in [1.165, 1.54) is 19.5 Å². The largest absolute Gasteiger partial charge is 0.391 e. The van der Waals surface area contributed by atoms with Crippen LogP contribution in [0.4, 0.5) is 8.78 Å². The molecule has 1 N–H and O–H groups in total. The van der Waals surface area contributed by atoms with E-state index in [1.807, 2.05) is 0 Å². The molecule has 1 atom stereocenters. The molecule has 6 nitrogen and oxygen atoms in total. The number of hydrogen-bond donors (Lipinski definition) is 1. The second-order valence-corrected chi connectivity index (χ2v) is 7.60. The van der Waals surface area contributed by atoms with Crippen molar-refractivity contribution in [1.82, 2.24) is 15.1 Å². The Morgan fingerprint density at radius 1 is 1.44 bits per heavy atom. The van der Waals surface area contributed by atoms with Gasteiger partial charge >= 0.3 is 0 Å². The minimum Gasteiger partial charge on any atom is -0.391 e. The molecule has 1 unspecified atom stereocenters. The highest BCUT2D eigenvalue weighted by Gasteiger charge is 2.23. The van der Waals surface area contributed by atoms with E-state index in [4.69, 9.17) is 28.0 Å². The van der Waals surface area contributed by atoms with Crippen LogP contribution in [0.2, 0.25) is 10.0 Å². The Bertz CT molecular complexity index is 838. The highest BCUT2D eigenvalue weighted by molar-refractivity contribution is 14.1. The number of alkyl halides is 2. The van der Waals surface area contributed by atoms with Crippen LogP contribution in [0.3, 0.4) is 0 Å². The summed E-state index contributed by atoms with van der Waals surface area (Å²) in [6.45, 7) is 1.66. The lowest BCUT2D eigenvalue weighted by atomic mass is 10.2. The smallest absolute Gasteiger partial charge is 0.282 e. The Morgan fingerprint density at radius 3 is 2.67 bits per heavy atom. The Kier molecular flexibility index (Phi) is 7.80. The van der Waals surface area contributed by atoms with E-state index in [0.29, 0.717) is 15.6 Å². The first-order chi connectivity index (χ1) is 12.7. The average Bonchev–Trinajstić information content (AvgIpc) is 2.95. The number of aromatic nitrogens is 2. The molecule has 1 heterocycles. The Labute approximate surface area is 178 Å². The third kappa shape index (κ3) is 6.01. The van der Waals surface area contributed by atoms with Crippen molar-refractivity contribution < 1.29 is 18.4 Å². The number of nitrogens with one attached hydrogen (secondary N) is 1. The molecule has 0 aliphatic carbocycles. The Hall–Kier alpha value is -1.46. The highest BCUT2D eigenvalue weighted by atomic mass is 127. The number of nitrogens with zero attached hydrogens (tertiary/aromatic N) is 3. The molecule has 0 aliphatic rings. The second-order valence-electron chi connectivity index (χ2n) is 5.54. The molecule has 1 amide bonds. The number of rotatable bonds is 7. The molecule has 0 bridgehead atoms. The number of carbonyl (C=O) groups excluding carboxylic acids is 1. The van der Waals surface area contributed by atoms with Crippen molar-refractivity contribution in [2.45, 2.75) is 26.0 Å². The predicted octanol–water partition coefficient (Wildman–Crippen LogP) is 4.59. The summed E-state index contributed by atoms with van der Waals surface area (Å²) in [7, 11) is 1.46. The van der Waals surface area contributed by atoms with E-state index >= 15 is 0 Å². The van der Waals surface area contributed by atoms with Crippen molar-refractivity contribution in [3.63, 3.8) is 0 Å². The maximum Gasteiger partial charge on any atom is 0.282 e. The van der Waals surface area contributed by atoms with Gasteiger partial charge in [0.2, 0.25) is 0 Å². The van der Waals surface area contributed by atoms with Crippen molar-refractivity contribution >= 4 is 57.9 Å². The third-order valence-electron chi connectivity index (χ3n) is 3.34. The van der Waals surface area contributed by atoms with Crippen LogP contribution in [-0.2, 0) is 18.5 Å². The molecule has 2 rings (SSSR count). The second kappa shape index (κ2) is 9.65. The number of amides is 1. The number of benzene rings is 1. The van der Waals surface area contributed by atoms with Crippen molar-refractivity contribution in [3.8, 4) is 0 Å². The van der Waals surface area contributed by atoms with Crippen molar-refractivity contribution in [1.29, 1.82) is 0 Å². The van der Waals surface area contributed by atoms with Crippen LogP contribution in [0.1, 0.15) is 35.0 Å². The summed E-state index contributed by atoms with van der Waals surface area (Å²) in [5.74, 6) is -0.680. The Morgan fingerprint density at radius 2 is 2.07 bits per heavy atom. The molecular formula is C16H15Cl2F2IN4O2. The maximum atomic E-state index is 12.9. The van der Waals surface area contributed by atoms with Gasteiger partial charge in [0.25, 0.3) is 12.3 Å². The minimum absolute atomic E-state index is 0.0455. The molecule has 1 aromatic heterocycles. The monoisotopic (exact) mass is 530 g/mol. The number of oxime groups is 1. The summed E-state index contributed by atoms with van der Waals surface area (Å²) in [5, 5.41) is 10.8. The summed E-state index contributed by atoms with van der Waals surface area (Å²) in [6.07, 6.45) is -0.286. The van der Waals surface area contributed by atoms with Gasteiger partial charge < -0.3 is 10.2 Å². The van der Waals surface area contributed by atoms with Crippen LogP contribution >= 0.6 is 45.8 Å². The zero-order valence-corrected chi connectivity index (χ0v) is 17.9. The summed E-state index contributed by atoms with van der Waals surface area (Å²) in [6, 6.07) is 2.92. The topological polar surface area (TPSA) is 68.5 Å². The van der Waals surface area contributed by atoms with Gasteiger partial charge in [0.15, 0.2) is 0 Å². The lowest BCUT2D eigenvalue weighted by molar-refractivity contribution is 0.0933. The SMILES string of the molecule is CC(/C=N/OCc1c(Cl)cc(I)cc1Cl)NC(=O)c1cn(C)nc1C(F)F. The van der Waals surface area contributed by atoms with Crippen LogP contribution in [-0.4, -0.2) is 27.9 Å². The van der Waals surface area contributed by atoms with Crippen LogP contribution in [0.25, 0.3) is 0 Å². The van der Waals surface area contributed by atoms with Crippen molar-refractivity contribution in [2.75, 3.05) is 0 Å². The zero-order chi connectivity index (χ0) is 20.1. The first kappa shape index (κ1) is 21.8. The number of hydrogen-bond acceptors (Lipinski definition) is 4. The summed E-state index contributed by atoms with van der Waals surface area (Å²) in [5.41, 5.74) is -0.172. The molecular weight excluding hydrogens is 516 g/mol. The molecule has 2 aromatic rings. The molecule has 27 heavy (non-hydrogen) atoms. The lowest BCUT2D eigenvalue weighted by Gasteiger charge is -2.09. The van der Waals surface area contributed by atoms with E-state index in [0.717, 1.165) is 8.25 Å². The minimum atomic E-state index is -2.84. The average molecular weight is 531 g/mol. The van der Waals surface area contributed by atoms with Crippen LogP contribution in [0.15, 0.2) is 23.5 Å². The predicted molar refractivity (Wildman–Crippen MR) is 108 cm³/mol. The van der Waals surface area contributed by atoms with Crippen molar-refractivity contribution in [2.24, 2.45) is 12.2 Å². The van der Waals surface area contributed by atoms with Gasteiger partial charge in [-0.1, -0.05) is 28.4 Å². The molecule has 1 aromatic carbocycles. The third-order valence-corrected chi connectivity index (χ3v) is 4.64. The Balaban J connectivity index is 1.92. The van der Waals surface area contributed by atoms with E-state index in [-0.39, 0.29) is 12.2 Å². The summed E-state index contributed by atoms with van der Waals surface area (Å²) < 4.78 is 27.9.